The summed E-state index contributed by atoms with van der Waals surface area (Å²) in [6.45, 7) is 4.47. The van der Waals surface area contributed by atoms with Crippen LogP contribution in [0, 0.1) is 0 Å². The van der Waals surface area contributed by atoms with Crippen molar-refractivity contribution < 1.29 is 19.0 Å². The lowest BCUT2D eigenvalue weighted by Crippen LogP contribution is -2.34. The van der Waals surface area contributed by atoms with E-state index in [2.05, 4.69) is 5.32 Å². The quantitative estimate of drug-likeness (QED) is 0.763. The van der Waals surface area contributed by atoms with Crippen LogP contribution >= 0.6 is 0 Å². The number of hydrogen-bond donors (Lipinski definition) is 1. The Kier molecular flexibility index (Phi) is 6.15. The third-order valence-electron chi connectivity index (χ3n) is 2.73. The summed E-state index contributed by atoms with van der Waals surface area (Å²) >= 11 is 0. The highest BCUT2D eigenvalue weighted by Crippen LogP contribution is 2.24. The van der Waals surface area contributed by atoms with Crippen molar-refractivity contribution in [2.24, 2.45) is 0 Å². The summed E-state index contributed by atoms with van der Waals surface area (Å²) in [6.07, 6.45) is 0. The van der Waals surface area contributed by atoms with E-state index in [0.717, 1.165) is 17.1 Å². The summed E-state index contributed by atoms with van der Waals surface area (Å²) in [5.74, 6) is 1.21. The van der Waals surface area contributed by atoms with Gasteiger partial charge < -0.3 is 19.5 Å². The number of carbonyl (C=O) groups is 1. The van der Waals surface area contributed by atoms with Crippen LogP contribution in [0.3, 0.4) is 0 Å². The lowest BCUT2D eigenvalue weighted by Gasteiger charge is -2.15. The zero-order valence-electron chi connectivity index (χ0n) is 11.9. The van der Waals surface area contributed by atoms with Crippen LogP contribution in [0.15, 0.2) is 18.2 Å². The predicted molar refractivity (Wildman–Crippen MR) is 72.5 cm³/mol. The van der Waals surface area contributed by atoms with Crippen molar-refractivity contribution in [3.8, 4) is 11.5 Å². The number of rotatable bonds is 7. The van der Waals surface area contributed by atoms with Crippen molar-refractivity contribution in [1.82, 2.24) is 5.32 Å². The van der Waals surface area contributed by atoms with Crippen molar-refractivity contribution in [1.29, 1.82) is 0 Å². The van der Waals surface area contributed by atoms with Crippen molar-refractivity contribution in [2.45, 2.75) is 26.4 Å². The molecule has 1 rings (SSSR count). The Morgan fingerprint density at radius 1 is 1.32 bits per heavy atom. The fraction of sp³-hybridized carbons (Fsp3) is 0.500. The summed E-state index contributed by atoms with van der Waals surface area (Å²) in [5, 5.41) is 3.10. The number of ether oxygens (including phenoxy) is 3. The van der Waals surface area contributed by atoms with Crippen molar-refractivity contribution in [3.05, 3.63) is 23.8 Å². The Labute approximate surface area is 113 Å². The number of benzene rings is 1. The van der Waals surface area contributed by atoms with Crippen LogP contribution in [-0.2, 0) is 16.1 Å². The molecule has 5 heteroatoms. The molecule has 0 saturated carbocycles. The topological polar surface area (TPSA) is 56.8 Å². The summed E-state index contributed by atoms with van der Waals surface area (Å²) in [5.41, 5.74) is 0.958. The predicted octanol–water partition coefficient (Wildman–Crippen LogP) is 1.74. The zero-order valence-corrected chi connectivity index (χ0v) is 11.9. The molecule has 0 saturated heterocycles. The van der Waals surface area contributed by atoms with Crippen LogP contribution in [0.25, 0.3) is 0 Å². The summed E-state index contributed by atoms with van der Waals surface area (Å²) in [7, 11) is 3.21. The highest BCUT2D eigenvalue weighted by atomic mass is 16.5. The van der Waals surface area contributed by atoms with Gasteiger partial charge in [0, 0.05) is 18.2 Å². The van der Waals surface area contributed by atoms with Gasteiger partial charge in [0.15, 0.2) is 0 Å². The van der Waals surface area contributed by atoms with Gasteiger partial charge in [-0.1, -0.05) is 6.07 Å². The molecular weight excluding hydrogens is 246 g/mol. The average Bonchev–Trinajstić information content (AvgIpc) is 2.44. The van der Waals surface area contributed by atoms with E-state index in [9.17, 15) is 4.79 Å². The van der Waals surface area contributed by atoms with E-state index in [0.29, 0.717) is 13.2 Å². The van der Waals surface area contributed by atoms with E-state index in [1.165, 1.54) is 0 Å². The van der Waals surface area contributed by atoms with Crippen molar-refractivity contribution in [3.63, 3.8) is 0 Å². The van der Waals surface area contributed by atoms with Gasteiger partial charge >= 0.3 is 5.97 Å². The Balaban J connectivity index is 2.64. The van der Waals surface area contributed by atoms with E-state index in [1.807, 2.05) is 18.2 Å². The smallest absolute Gasteiger partial charge is 0.322 e. The standard InChI is InChI=1S/C14H21NO4/c1-5-19-14(16)10(2)15-9-11-6-7-12(17-3)8-13(11)18-4/h6-8,10,15H,5,9H2,1-4H3. The normalized spacial score (nSPS) is 11.8. The number of methoxy groups -OCH3 is 2. The maximum Gasteiger partial charge on any atom is 0.322 e. The van der Waals surface area contributed by atoms with E-state index < -0.39 is 0 Å². The fourth-order valence-electron chi connectivity index (χ4n) is 1.61. The van der Waals surface area contributed by atoms with Crippen LogP contribution in [0.1, 0.15) is 19.4 Å². The number of hydrogen-bond acceptors (Lipinski definition) is 5. The molecule has 1 aromatic carbocycles. The molecule has 0 bridgehead atoms. The van der Waals surface area contributed by atoms with Crippen molar-refractivity contribution >= 4 is 5.97 Å². The molecule has 1 atom stereocenters. The molecule has 0 fully saturated rings. The van der Waals surface area contributed by atoms with Gasteiger partial charge in [-0.15, -0.1) is 0 Å². The molecule has 106 valence electrons. The third-order valence-corrected chi connectivity index (χ3v) is 2.73. The van der Waals surface area contributed by atoms with Crippen LogP contribution in [0.2, 0.25) is 0 Å². The molecule has 19 heavy (non-hydrogen) atoms. The highest BCUT2D eigenvalue weighted by Gasteiger charge is 2.14. The summed E-state index contributed by atoms with van der Waals surface area (Å²) in [4.78, 5) is 11.5. The molecule has 0 amide bonds. The van der Waals surface area contributed by atoms with Gasteiger partial charge in [-0.2, -0.15) is 0 Å². The molecule has 0 aliphatic rings. The molecule has 0 aromatic heterocycles. The second kappa shape index (κ2) is 7.63. The first-order chi connectivity index (χ1) is 9.12. The zero-order chi connectivity index (χ0) is 14.3. The second-order valence-corrected chi connectivity index (χ2v) is 4.03. The molecule has 1 aromatic rings. The van der Waals surface area contributed by atoms with Crippen LogP contribution < -0.4 is 14.8 Å². The van der Waals surface area contributed by atoms with Gasteiger partial charge in [-0.3, -0.25) is 4.79 Å². The Hall–Kier alpha value is -1.75. The lowest BCUT2D eigenvalue weighted by atomic mass is 10.1. The molecule has 0 aliphatic carbocycles. The van der Waals surface area contributed by atoms with Crippen LogP contribution in [0.5, 0.6) is 11.5 Å². The Morgan fingerprint density at radius 3 is 2.63 bits per heavy atom. The largest absolute Gasteiger partial charge is 0.497 e. The molecule has 0 aliphatic heterocycles. The van der Waals surface area contributed by atoms with E-state index in [-0.39, 0.29) is 12.0 Å². The Bertz CT molecular complexity index is 420. The number of nitrogens with one attached hydrogen (secondary N) is 1. The number of esters is 1. The molecule has 1 N–H and O–H groups in total. The monoisotopic (exact) mass is 267 g/mol. The first-order valence-electron chi connectivity index (χ1n) is 6.23. The lowest BCUT2D eigenvalue weighted by molar-refractivity contribution is -0.145. The molecule has 1 unspecified atom stereocenters. The van der Waals surface area contributed by atoms with Gasteiger partial charge in [0.25, 0.3) is 0 Å². The fourth-order valence-corrected chi connectivity index (χ4v) is 1.61. The van der Waals surface area contributed by atoms with Crippen LogP contribution in [-0.4, -0.2) is 32.8 Å². The van der Waals surface area contributed by atoms with Gasteiger partial charge in [0.1, 0.15) is 17.5 Å². The molecule has 0 radical (unpaired) electrons. The molecule has 5 nitrogen and oxygen atoms in total. The van der Waals surface area contributed by atoms with E-state index >= 15 is 0 Å². The maximum absolute atomic E-state index is 11.5. The summed E-state index contributed by atoms with van der Waals surface area (Å²) < 4.78 is 15.4. The molecule has 0 spiro atoms. The van der Waals surface area contributed by atoms with Gasteiger partial charge in [-0.25, -0.2) is 0 Å². The minimum atomic E-state index is -0.355. The first-order valence-corrected chi connectivity index (χ1v) is 6.23. The second-order valence-electron chi connectivity index (χ2n) is 4.03. The SMILES string of the molecule is CCOC(=O)C(C)NCc1ccc(OC)cc1OC. The van der Waals surface area contributed by atoms with Gasteiger partial charge in [0.2, 0.25) is 0 Å². The number of carbonyl (C=O) groups excluding carboxylic acids is 1. The maximum atomic E-state index is 11.5. The average molecular weight is 267 g/mol. The molecular formula is C14H21NO4. The van der Waals surface area contributed by atoms with E-state index in [4.69, 9.17) is 14.2 Å². The van der Waals surface area contributed by atoms with Gasteiger partial charge in [0.05, 0.1) is 20.8 Å². The molecule has 0 heterocycles. The minimum Gasteiger partial charge on any atom is -0.497 e. The van der Waals surface area contributed by atoms with Crippen LogP contribution in [0.4, 0.5) is 0 Å². The van der Waals surface area contributed by atoms with Crippen molar-refractivity contribution in [2.75, 3.05) is 20.8 Å². The first kappa shape index (κ1) is 15.3. The third kappa shape index (κ3) is 4.44. The van der Waals surface area contributed by atoms with Gasteiger partial charge in [-0.05, 0) is 19.9 Å². The van der Waals surface area contributed by atoms with E-state index in [1.54, 1.807) is 28.1 Å². The summed E-state index contributed by atoms with van der Waals surface area (Å²) in [6, 6.07) is 5.22. The Morgan fingerprint density at radius 2 is 2.05 bits per heavy atom. The minimum absolute atomic E-state index is 0.255. The highest BCUT2D eigenvalue weighted by molar-refractivity contribution is 5.75.